The van der Waals surface area contributed by atoms with Gasteiger partial charge in [-0.15, -0.1) is 0 Å². The van der Waals surface area contributed by atoms with E-state index in [0.29, 0.717) is 11.1 Å². The zero-order valence-electron chi connectivity index (χ0n) is 51.0. The molecule has 0 amide bonds. The number of furan rings is 1. The Hall–Kier alpha value is -13.2. The average molecular weight is 1210 g/mol. The first kappa shape index (κ1) is 52.6. The summed E-state index contributed by atoms with van der Waals surface area (Å²) >= 11 is 0. The van der Waals surface area contributed by atoms with E-state index in [4.69, 9.17) is 4.42 Å². The lowest BCUT2D eigenvalue weighted by molar-refractivity contribution is 0.669. The lowest BCUT2D eigenvalue weighted by atomic mass is 9.97. The summed E-state index contributed by atoms with van der Waals surface area (Å²) in [5.41, 5.74) is 23.2. The Kier molecular flexibility index (Phi) is 11.1. The minimum absolute atomic E-state index is 0.606. The molecule has 0 aliphatic heterocycles. The monoisotopic (exact) mass is 1210 g/mol. The van der Waals surface area contributed by atoms with Crippen LogP contribution in [0.1, 0.15) is 11.1 Å². The third kappa shape index (κ3) is 7.85. The maximum atomic E-state index is 9.79. The smallest absolute Gasteiger partial charge is 0.135 e. The molecule has 95 heavy (non-hydrogen) atoms. The third-order valence-electron chi connectivity index (χ3n) is 20.0. The minimum atomic E-state index is 0.606. The summed E-state index contributed by atoms with van der Waals surface area (Å²) in [6.07, 6.45) is 0. The number of benzene rings is 15. The molecule has 0 aliphatic carbocycles. The Labute approximate surface area is 543 Å². The number of hydrogen-bond acceptors (Lipinski definition) is 3. The number of para-hydroxylation sites is 4. The van der Waals surface area contributed by atoms with Gasteiger partial charge < -0.3 is 22.7 Å². The van der Waals surface area contributed by atoms with E-state index in [0.717, 1.165) is 138 Å². The van der Waals surface area contributed by atoms with Gasteiger partial charge in [0.15, 0.2) is 0 Å². The summed E-state index contributed by atoms with van der Waals surface area (Å²) in [5.74, 6) is 0. The minimum Gasteiger partial charge on any atom is -0.456 e. The van der Waals surface area contributed by atoms with Gasteiger partial charge in [-0.05, 0) is 207 Å². The molecule has 5 heterocycles. The first-order valence-corrected chi connectivity index (χ1v) is 32.1. The predicted octanol–water partition coefficient (Wildman–Crippen LogP) is 23.0. The molecular weight excluding hydrogens is 1160 g/mol. The van der Waals surface area contributed by atoms with Gasteiger partial charge in [0.2, 0.25) is 0 Å². The predicted molar refractivity (Wildman–Crippen MR) is 392 cm³/mol. The van der Waals surface area contributed by atoms with Gasteiger partial charge in [-0.3, -0.25) is 0 Å². The van der Waals surface area contributed by atoms with Crippen LogP contribution in [0.25, 0.3) is 187 Å². The fourth-order valence-electron chi connectivity index (χ4n) is 15.7. The number of aromatic nitrogens is 4. The number of rotatable bonds is 7. The molecule has 0 aliphatic rings. The molecule has 15 aromatic carbocycles. The highest BCUT2D eigenvalue weighted by Crippen LogP contribution is 2.45. The first-order valence-electron chi connectivity index (χ1n) is 32.1. The van der Waals surface area contributed by atoms with Gasteiger partial charge in [0.05, 0.1) is 67.4 Å². The van der Waals surface area contributed by atoms with Gasteiger partial charge in [0.1, 0.15) is 11.2 Å². The van der Waals surface area contributed by atoms with Gasteiger partial charge >= 0.3 is 0 Å². The van der Waals surface area contributed by atoms with Crippen LogP contribution in [0.4, 0.5) is 0 Å². The molecule has 5 aromatic heterocycles. The van der Waals surface area contributed by atoms with E-state index < -0.39 is 0 Å². The van der Waals surface area contributed by atoms with E-state index in [-0.39, 0.29) is 0 Å². The number of fused-ring (bicyclic) bond motifs is 18. The van der Waals surface area contributed by atoms with Gasteiger partial charge in [-0.2, -0.15) is 10.5 Å². The SMILES string of the molecule is N#Cc1ccc2c(ccc3cc(-n4c5ccccc5c5cc(-c6ccc7c(c6)c6ccccc6n7-c6cccc(-c7ccc8c9cc(-c%10cccc%11c%10c%10ccccc%10n%11-c%10ccc%11oc%12ccc(C#N)cc%12c%11c%10)ccc9n(-c9ccccc9)c8c7)c6)ccc54)ccc32)c1. The summed E-state index contributed by atoms with van der Waals surface area (Å²) in [5, 5.41) is 35.3. The van der Waals surface area contributed by atoms with Crippen LogP contribution in [0.2, 0.25) is 0 Å². The summed E-state index contributed by atoms with van der Waals surface area (Å²) in [7, 11) is 0. The van der Waals surface area contributed by atoms with Crippen LogP contribution >= 0.6 is 0 Å². The summed E-state index contributed by atoms with van der Waals surface area (Å²) in [6, 6.07) is 114. The molecule has 0 radical (unpaired) electrons. The molecule has 20 rings (SSSR count). The molecular formula is C88H50N6O. The lowest BCUT2D eigenvalue weighted by Gasteiger charge is -2.12. The Morgan fingerprint density at radius 3 is 1.38 bits per heavy atom. The van der Waals surface area contributed by atoms with E-state index in [1.165, 1.54) is 48.5 Å². The molecule has 0 unspecified atom stereocenters. The van der Waals surface area contributed by atoms with Crippen molar-refractivity contribution in [3.05, 3.63) is 314 Å². The van der Waals surface area contributed by atoms with Crippen LogP contribution in [0.15, 0.2) is 308 Å². The Morgan fingerprint density at radius 1 is 0.232 bits per heavy atom. The highest BCUT2D eigenvalue weighted by molar-refractivity contribution is 6.19. The summed E-state index contributed by atoms with van der Waals surface area (Å²) < 4.78 is 15.9. The fourth-order valence-corrected chi connectivity index (χ4v) is 15.7. The lowest BCUT2D eigenvalue weighted by Crippen LogP contribution is -1.95. The fraction of sp³-hybridized carbons (Fsp3) is 0. The van der Waals surface area contributed by atoms with Crippen molar-refractivity contribution >= 4 is 131 Å². The molecule has 7 nitrogen and oxygen atoms in total. The summed E-state index contributed by atoms with van der Waals surface area (Å²) in [6.45, 7) is 0. The van der Waals surface area contributed by atoms with Gasteiger partial charge in [0, 0.05) is 76.6 Å². The van der Waals surface area contributed by atoms with Crippen LogP contribution in [0, 0.1) is 22.7 Å². The van der Waals surface area contributed by atoms with E-state index in [1.807, 2.05) is 36.4 Å². The average Bonchev–Trinajstić information content (AvgIpc) is 1.60. The summed E-state index contributed by atoms with van der Waals surface area (Å²) in [4.78, 5) is 0. The van der Waals surface area contributed by atoms with Gasteiger partial charge in [0.25, 0.3) is 0 Å². The molecule has 0 saturated heterocycles. The first-order chi connectivity index (χ1) is 47.0. The normalized spacial score (nSPS) is 12.0. The van der Waals surface area contributed by atoms with Crippen LogP contribution in [0.3, 0.4) is 0 Å². The second kappa shape index (κ2) is 20.1. The van der Waals surface area contributed by atoms with Crippen molar-refractivity contribution in [2.24, 2.45) is 0 Å². The van der Waals surface area contributed by atoms with Gasteiger partial charge in [-0.25, -0.2) is 0 Å². The molecule has 0 saturated carbocycles. The van der Waals surface area contributed by atoms with Crippen molar-refractivity contribution in [3.8, 4) is 68.3 Å². The van der Waals surface area contributed by atoms with Crippen molar-refractivity contribution in [2.45, 2.75) is 0 Å². The Morgan fingerprint density at radius 2 is 0.674 bits per heavy atom. The van der Waals surface area contributed by atoms with Crippen LogP contribution in [-0.4, -0.2) is 18.3 Å². The number of hydrogen-bond donors (Lipinski definition) is 0. The maximum absolute atomic E-state index is 9.79. The molecule has 0 N–H and O–H groups in total. The second-order valence-electron chi connectivity index (χ2n) is 25.0. The van der Waals surface area contributed by atoms with E-state index in [2.05, 4.69) is 297 Å². The Balaban J connectivity index is 0.678. The quantitative estimate of drug-likeness (QED) is 0.149. The number of nitrogens with zero attached hydrogens (tertiary/aromatic N) is 6. The molecule has 7 heteroatoms. The molecule has 0 spiro atoms. The molecule has 0 atom stereocenters. The maximum Gasteiger partial charge on any atom is 0.135 e. The van der Waals surface area contributed by atoms with Crippen molar-refractivity contribution < 1.29 is 4.42 Å². The molecule has 20 aromatic rings. The highest BCUT2D eigenvalue weighted by Gasteiger charge is 2.22. The highest BCUT2D eigenvalue weighted by atomic mass is 16.3. The molecule has 438 valence electrons. The topological polar surface area (TPSA) is 80.4 Å². The molecule has 0 bridgehead atoms. The Bertz CT molecular complexity index is 6810. The zero-order valence-corrected chi connectivity index (χ0v) is 51.0. The zero-order chi connectivity index (χ0) is 62.6. The van der Waals surface area contributed by atoms with Crippen molar-refractivity contribution in [1.29, 1.82) is 10.5 Å². The van der Waals surface area contributed by atoms with Crippen molar-refractivity contribution in [3.63, 3.8) is 0 Å². The van der Waals surface area contributed by atoms with Crippen LogP contribution < -0.4 is 0 Å². The number of nitriles is 2. The standard InChI is InChI=1S/C88H50N6O/c89-51-53-24-34-66-59(42-53)26-27-60-45-64(32-36-67(60)66)93-79-21-8-5-17-70(79)74-47-57(30-38-83(74)93)56-29-37-82-73(46-56)69-16-4-7-20-78(69)92(82)63-15-10-12-55(44-63)58-28-35-71-75-48-61(31-39-81(75)91(85(71)49-58)62-13-2-1-3-14-62)68-19-11-23-84-88(68)72-18-6-9-22-80(72)94(84)65-33-41-87-77(50-65)76-43-54(52-90)25-40-86(76)95-87/h1-50H. The van der Waals surface area contributed by atoms with Crippen LogP contribution in [-0.2, 0) is 0 Å². The largest absolute Gasteiger partial charge is 0.456 e. The van der Waals surface area contributed by atoms with E-state index in [9.17, 15) is 10.5 Å². The van der Waals surface area contributed by atoms with Crippen molar-refractivity contribution in [2.75, 3.05) is 0 Å². The van der Waals surface area contributed by atoms with E-state index in [1.54, 1.807) is 0 Å². The van der Waals surface area contributed by atoms with E-state index >= 15 is 0 Å². The van der Waals surface area contributed by atoms with Crippen LogP contribution in [0.5, 0.6) is 0 Å². The van der Waals surface area contributed by atoms with Gasteiger partial charge in [-0.1, -0.05) is 152 Å². The third-order valence-corrected chi connectivity index (χ3v) is 20.0. The second-order valence-corrected chi connectivity index (χ2v) is 25.0. The van der Waals surface area contributed by atoms with Crippen molar-refractivity contribution in [1.82, 2.24) is 18.3 Å². The molecule has 0 fully saturated rings.